The largest absolute Gasteiger partial charge is 0.445 e. The van der Waals surface area contributed by atoms with Crippen LogP contribution in [0.4, 0.5) is 19.2 Å². The number of hydrogen-bond donors (Lipinski definition) is 18. The lowest BCUT2D eigenvalue weighted by molar-refractivity contribution is -0.129. The third-order valence-corrected chi connectivity index (χ3v) is 21.4. The second kappa shape index (κ2) is 66.9. The van der Waals surface area contributed by atoms with Crippen molar-refractivity contribution in [2.24, 2.45) is 22.9 Å². The number of hydrogen-bond acceptors (Lipinski definition) is 24. The number of nitrogens with zero attached hydrogens (tertiary/aromatic N) is 3. The molecule has 4 aromatic carbocycles. The molecule has 1 heterocycles. The van der Waals surface area contributed by atoms with Crippen molar-refractivity contribution in [2.45, 2.75) is 179 Å². The van der Waals surface area contributed by atoms with Crippen LogP contribution in [0, 0.1) is 0 Å². The molecule has 43 heteroatoms. The van der Waals surface area contributed by atoms with Gasteiger partial charge in [0.05, 0.1) is 18.1 Å². The molecule has 0 unspecified atom stereocenters. The van der Waals surface area contributed by atoms with Crippen molar-refractivity contribution in [2.75, 3.05) is 118 Å². The van der Waals surface area contributed by atoms with Crippen molar-refractivity contribution in [1.29, 1.82) is 0 Å². The van der Waals surface area contributed by atoms with Gasteiger partial charge in [-0.1, -0.05) is 119 Å². The van der Waals surface area contributed by atoms with Gasteiger partial charge in [0.15, 0.2) is 0 Å². The van der Waals surface area contributed by atoms with E-state index in [1.54, 1.807) is 108 Å². The summed E-state index contributed by atoms with van der Waals surface area (Å²) in [6, 6.07) is 22.2. The number of carbonyl (C=O) groups is 13. The number of unbranched alkanes of at least 4 members (excludes halogenated alkanes) is 4. The summed E-state index contributed by atoms with van der Waals surface area (Å²) in [5.74, 6) is -4.48. The predicted molar refractivity (Wildman–Crippen MR) is 492 cm³/mol. The van der Waals surface area contributed by atoms with Gasteiger partial charge in [0.1, 0.15) is 50.6 Å². The fourth-order valence-electron chi connectivity index (χ4n) is 12.8. The minimum absolute atomic E-state index is 0. The van der Waals surface area contributed by atoms with Gasteiger partial charge in [-0.2, -0.15) is 0 Å². The van der Waals surface area contributed by atoms with Crippen molar-refractivity contribution < 1.29 is 81.3 Å². The zero-order chi connectivity index (χ0) is 92.9. The first-order chi connectivity index (χ1) is 61.9. The van der Waals surface area contributed by atoms with E-state index < -0.39 is 108 Å². The van der Waals surface area contributed by atoms with Crippen molar-refractivity contribution >= 4 is 136 Å². The molecule has 0 aliphatic carbocycles. The maximum Gasteiger partial charge on any atom is 0.408 e. The molecule has 0 spiro atoms. The summed E-state index contributed by atoms with van der Waals surface area (Å²) in [4.78, 5) is 187. The number of imidazole rings is 1. The molecule has 0 radical (unpaired) electrons. The highest BCUT2D eigenvalue weighted by Crippen LogP contribution is 2.21. The van der Waals surface area contributed by atoms with Crippen LogP contribution in [0.3, 0.4) is 0 Å². The number of amides is 13. The van der Waals surface area contributed by atoms with Crippen LogP contribution in [-0.4, -0.2) is 245 Å². The Morgan fingerprint density at radius 1 is 0.341 bits per heavy atom. The number of nitrogens with two attached hydrogens (primary N) is 4. The number of aromatic amines is 1. The molecule has 714 valence electrons. The first-order valence-corrected chi connectivity index (χ1v) is 44.8. The molecule has 0 aliphatic rings. The van der Waals surface area contributed by atoms with Crippen LogP contribution >= 0.6 is 58.8 Å². The van der Waals surface area contributed by atoms with Crippen LogP contribution < -0.4 is 92.1 Å². The Morgan fingerprint density at radius 3 is 0.899 bits per heavy atom. The zero-order valence-corrected chi connectivity index (χ0v) is 76.6. The molecular weight excluding hydrogens is 1780 g/mol. The van der Waals surface area contributed by atoms with Crippen LogP contribution in [0.1, 0.15) is 144 Å². The van der Waals surface area contributed by atoms with E-state index in [1.165, 1.54) is 6.33 Å². The molecule has 129 heavy (non-hydrogen) atoms. The molecule has 0 saturated heterocycles. The summed E-state index contributed by atoms with van der Waals surface area (Å²) in [6.07, 6.45) is 4.90. The Morgan fingerprint density at radius 2 is 0.620 bits per heavy atom. The van der Waals surface area contributed by atoms with Gasteiger partial charge in [0, 0.05) is 166 Å². The predicted octanol–water partition coefficient (Wildman–Crippen LogP) is 5.04. The topological polar surface area (TPSA) is 554 Å². The molecule has 13 amide bonds. The molecule has 22 N–H and O–H groups in total. The number of alkyl carbamates (subject to hydrolysis) is 4. The number of H-pyrrole nitrogens is 1. The van der Waals surface area contributed by atoms with Crippen molar-refractivity contribution in [3.8, 4) is 0 Å². The molecule has 0 aliphatic heterocycles. The van der Waals surface area contributed by atoms with Gasteiger partial charge in [-0.05, 0) is 147 Å². The SMILES string of the molecule is Cl.NCCCC[C@H](NC(=O)OCc1ccccc1Cl)C(=O)NCCNC(=O)CCN(CCC[C@@H](C(=O)NCCc1c[nH]cn1)N(CCC(=O)NCCNC(=O)[C@H](CCCCN)NC(=O)OCc1ccccc1Cl)CCC(=O)NCCNC(=O)[C@H](CCCCN)NC(=O)OCc1ccccc1Cl)CCC(=O)NCCNC(=O)[C@H](CCCCN)NC(=O)OCc1ccccc1Cl. The fourth-order valence-corrected chi connectivity index (χ4v) is 13.6. The van der Waals surface area contributed by atoms with Crippen molar-refractivity contribution in [3.63, 3.8) is 0 Å². The average Bonchev–Trinajstić information content (AvgIpc) is 1.21. The van der Waals surface area contributed by atoms with Crippen LogP contribution in [0.5, 0.6) is 0 Å². The third-order valence-electron chi connectivity index (χ3n) is 20.0. The van der Waals surface area contributed by atoms with Crippen LogP contribution in [0.25, 0.3) is 0 Å². The lowest BCUT2D eigenvalue weighted by atomic mass is 10.1. The monoisotopic (exact) mass is 1900 g/mol. The van der Waals surface area contributed by atoms with Crippen molar-refractivity contribution in [1.82, 2.24) is 88.9 Å². The standard InChI is InChI=1S/C86H127Cl4N21O17.ClH/c87-65-22-5-1-18-60(65)55-125-83(121)106-69(26-9-13-36-91)78(116)101-45-41-96-74(112)32-50-110(51-33-75(113)97-42-46-102-79(117)70(27-10-14-37-92)107-84(122)126-56-61-19-2-6-23-66(61)88)49-17-30-73(82(120)100-40-31-64-54-95-59-105-64)111(52-34-76(114)98-43-47-103-80(118)71(28-11-15-38-93)108-85(123)127-57-62-20-3-7-24-67(62)89)53-35-77(115)99-44-48-104-81(119)72(29-12-16-39-94)109-86(124)128-58-63-21-4-8-25-68(63)90;/h1-8,18-25,54,59,69-73H,9-17,26-53,55-58,91-94H2,(H,95,105)(H,96,112)(H,97,113)(H,98,114)(H,99,115)(H,100,120)(H,101,116)(H,102,117)(H,103,118)(H,104,119)(H,106,121)(H,107,122)(H,108,123)(H,109,124);1H/t69-,70-,71-,72-,73-;/m0./s1. The second-order valence-electron chi connectivity index (χ2n) is 29.8. The van der Waals surface area contributed by atoms with Gasteiger partial charge in [0.25, 0.3) is 0 Å². The number of aromatic nitrogens is 2. The van der Waals surface area contributed by atoms with E-state index in [0.29, 0.717) is 132 Å². The Bertz CT molecular complexity index is 3980. The lowest BCUT2D eigenvalue weighted by Crippen LogP contribution is -2.50. The summed E-state index contributed by atoms with van der Waals surface area (Å²) in [5.41, 5.74) is 25.9. The smallest absolute Gasteiger partial charge is 0.408 e. The van der Waals surface area contributed by atoms with E-state index in [-0.39, 0.29) is 195 Å². The minimum Gasteiger partial charge on any atom is -0.445 e. The van der Waals surface area contributed by atoms with E-state index in [1.807, 2.05) is 4.90 Å². The quantitative estimate of drug-likeness (QED) is 0.0179. The van der Waals surface area contributed by atoms with E-state index in [9.17, 15) is 62.3 Å². The molecule has 0 saturated carbocycles. The van der Waals surface area contributed by atoms with Gasteiger partial charge in [-0.25, -0.2) is 24.2 Å². The van der Waals surface area contributed by atoms with Gasteiger partial charge in [0.2, 0.25) is 53.2 Å². The fraction of sp³-hybridized carbons (Fsp3) is 0.535. The number of halogens is 5. The minimum atomic E-state index is -1.05. The van der Waals surface area contributed by atoms with Gasteiger partial charge in [-0.15, -0.1) is 12.4 Å². The maximum atomic E-state index is 14.9. The van der Waals surface area contributed by atoms with Gasteiger partial charge < -0.3 is 121 Å². The van der Waals surface area contributed by atoms with Gasteiger partial charge >= 0.3 is 24.4 Å². The number of nitrogens with one attached hydrogen (secondary N) is 14. The number of benzene rings is 4. The number of carbonyl (C=O) groups excluding carboxylic acids is 13. The van der Waals surface area contributed by atoms with E-state index >= 15 is 0 Å². The van der Waals surface area contributed by atoms with E-state index in [4.69, 9.17) is 88.3 Å². The maximum absolute atomic E-state index is 14.9. The molecule has 0 bridgehead atoms. The van der Waals surface area contributed by atoms with E-state index in [0.717, 1.165) is 0 Å². The first-order valence-electron chi connectivity index (χ1n) is 43.3. The Balaban J connectivity index is 0.0000348. The molecule has 0 fully saturated rings. The lowest BCUT2D eigenvalue weighted by Gasteiger charge is -2.31. The Kier molecular flexibility index (Phi) is 57.5. The highest BCUT2D eigenvalue weighted by atomic mass is 35.5. The van der Waals surface area contributed by atoms with E-state index in [2.05, 4.69) is 79.1 Å². The number of rotatable bonds is 65. The summed E-state index contributed by atoms with van der Waals surface area (Å²) >= 11 is 25.0. The van der Waals surface area contributed by atoms with Crippen molar-refractivity contribution in [3.05, 3.63) is 158 Å². The summed E-state index contributed by atoms with van der Waals surface area (Å²) in [7, 11) is 0. The van der Waals surface area contributed by atoms with Crippen LogP contribution in [0.15, 0.2) is 110 Å². The average molecular weight is 1910 g/mol. The molecule has 5 aromatic rings. The normalized spacial score (nSPS) is 12.1. The van der Waals surface area contributed by atoms with Crippen LogP contribution in [-0.2, 0) is 94.9 Å². The molecular formula is C86H128Cl5N21O17. The second-order valence-corrected chi connectivity index (χ2v) is 31.4. The first kappa shape index (κ1) is 111. The Hall–Kier alpha value is -10.4. The van der Waals surface area contributed by atoms with Crippen LogP contribution in [0.2, 0.25) is 20.1 Å². The highest BCUT2D eigenvalue weighted by Gasteiger charge is 2.30. The summed E-state index contributed by atoms with van der Waals surface area (Å²) in [5, 5.41) is 37.3. The van der Waals surface area contributed by atoms with Gasteiger partial charge in [-0.3, -0.25) is 48.1 Å². The zero-order valence-electron chi connectivity index (χ0n) is 72.8. The Labute approximate surface area is 779 Å². The highest BCUT2D eigenvalue weighted by molar-refractivity contribution is 6.32. The molecule has 38 nitrogen and oxygen atoms in total. The molecule has 1 aromatic heterocycles. The molecule has 5 atom stereocenters. The molecule has 5 rings (SSSR count). The summed E-state index contributed by atoms with van der Waals surface area (Å²) < 4.78 is 21.5. The summed E-state index contributed by atoms with van der Waals surface area (Å²) in [6.45, 7) is 0.673. The third kappa shape index (κ3) is 48.2. The number of ether oxygens (including phenoxy) is 4.